The second kappa shape index (κ2) is 7.28. The van der Waals surface area contributed by atoms with Crippen molar-refractivity contribution in [3.05, 3.63) is 11.6 Å². The van der Waals surface area contributed by atoms with Crippen molar-refractivity contribution in [2.45, 2.75) is 77.5 Å². The van der Waals surface area contributed by atoms with Gasteiger partial charge in [-0.05, 0) is 53.4 Å². The Bertz CT molecular complexity index is 520. The summed E-state index contributed by atoms with van der Waals surface area (Å²) in [7, 11) is 0. The standard InChI is InChI=1S/C20H34N2O3/c1-5-24-17-13-16(20(17)9-6-10-20)21-14-15-7-11-22(12-8-15)18(23)25-19(2,3)4/h7,16-17,21H,5-6,8-14H2,1-4H3. The average molecular weight is 351 g/mol. The molecule has 1 heterocycles. The zero-order valence-corrected chi connectivity index (χ0v) is 16.3. The van der Waals surface area contributed by atoms with Crippen LogP contribution in [0.1, 0.15) is 59.8 Å². The molecule has 1 spiro atoms. The highest BCUT2D eigenvalue weighted by Crippen LogP contribution is 2.57. The van der Waals surface area contributed by atoms with E-state index in [1.165, 1.54) is 24.8 Å². The molecular weight excluding hydrogens is 316 g/mol. The molecule has 0 radical (unpaired) electrons. The molecule has 1 amide bonds. The highest BCUT2D eigenvalue weighted by molar-refractivity contribution is 5.68. The molecule has 2 fully saturated rings. The first-order valence-corrected chi connectivity index (χ1v) is 9.85. The Hall–Kier alpha value is -1.07. The van der Waals surface area contributed by atoms with Crippen molar-refractivity contribution in [2.75, 3.05) is 26.2 Å². The fraction of sp³-hybridized carbons (Fsp3) is 0.850. The van der Waals surface area contributed by atoms with Gasteiger partial charge in [-0.15, -0.1) is 0 Å². The number of rotatable bonds is 5. The van der Waals surface area contributed by atoms with Gasteiger partial charge in [0.25, 0.3) is 0 Å². The maximum atomic E-state index is 12.1. The quantitative estimate of drug-likeness (QED) is 0.771. The van der Waals surface area contributed by atoms with Crippen LogP contribution in [0, 0.1) is 5.41 Å². The zero-order valence-electron chi connectivity index (χ0n) is 16.3. The van der Waals surface area contributed by atoms with Gasteiger partial charge in [0.15, 0.2) is 0 Å². The minimum absolute atomic E-state index is 0.206. The lowest BCUT2D eigenvalue weighted by Crippen LogP contribution is -2.67. The molecule has 3 aliphatic rings. The summed E-state index contributed by atoms with van der Waals surface area (Å²) < 4.78 is 11.4. The van der Waals surface area contributed by atoms with Crippen molar-refractivity contribution in [1.29, 1.82) is 0 Å². The topological polar surface area (TPSA) is 50.8 Å². The maximum Gasteiger partial charge on any atom is 0.410 e. The van der Waals surface area contributed by atoms with Crippen LogP contribution in [0.5, 0.6) is 0 Å². The fourth-order valence-corrected chi connectivity index (χ4v) is 4.34. The molecule has 5 nitrogen and oxygen atoms in total. The molecule has 2 aliphatic carbocycles. The normalized spacial score (nSPS) is 28.2. The van der Waals surface area contributed by atoms with E-state index in [2.05, 4.69) is 18.3 Å². The summed E-state index contributed by atoms with van der Waals surface area (Å²) in [6, 6.07) is 0.600. The molecule has 2 atom stereocenters. The van der Waals surface area contributed by atoms with Gasteiger partial charge in [0, 0.05) is 37.7 Å². The van der Waals surface area contributed by atoms with E-state index in [1.54, 1.807) is 4.90 Å². The first-order valence-electron chi connectivity index (χ1n) is 9.85. The monoisotopic (exact) mass is 350 g/mol. The van der Waals surface area contributed by atoms with Gasteiger partial charge >= 0.3 is 6.09 Å². The van der Waals surface area contributed by atoms with E-state index in [-0.39, 0.29) is 6.09 Å². The summed E-state index contributed by atoms with van der Waals surface area (Å²) in [6.45, 7) is 11.0. The van der Waals surface area contributed by atoms with Gasteiger partial charge < -0.3 is 19.7 Å². The molecule has 0 aromatic heterocycles. The first kappa shape index (κ1) is 18.7. The molecule has 5 heteroatoms. The molecule has 2 unspecified atom stereocenters. The summed E-state index contributed by atoms with van der Waals surface area (Å²) >= 11 is 0. The van der Waals surface area contributed by atoms with Gasteiger partial charge in [-0.2, -0.15) is 0 Å². The number of carbonyl (C=O) groups is 1. The second-order valence-electron chi connectivity index (χ2n) is 8.74. The summed E-state index contributed by atoms with van der Waals surface area (Å²) in [5.74, 6) is 0. The van der Waals surface area contributed by atoms with Crippen LogP contribution in [-0.2, 0) is 9.47 Å². The van der Waals surface area contributed by atoms with Crippen molar-refractivity contribution in [3.63, 3.8) is 0 Å². The molecule has 0 aromatic rings. The van der Waals surface area contributed by atoms with Gasteiger partial charge in [-0.1, -0.05) is 18.1 Å². The highest BCUT2D eigenvalue weighted by atomic mass is 16.6. The van der Waals surface area contributed by atoms with Crippen LogP contribution < -0.4 is 5.32 Å². The summed E-state index contributed by atoms with van der Waals surface area (Å²) in [4.78, 5) is 13.9. The number of hydrogen-bond donors (Lipinski definition) is 1. The Morgan fingerprint density at radius 2 is 2.16 bits per heavy atom. The number of nitrogens with zero attached hydrogens (tertiary/aromatic N) is 1. The Balaban J connectivity index is 1.44. The number of carbonyl (C=O) groups excluding carboxylic acids is 1. The molecule has 142 valence electrons. The van der Waals surface area contributed by atoms with Crippen LogP contribution in [0.4, 0.5) is 4.79 Å². The van der Waals surface area contributed by atoms with Crippen molar-refractivity contribution in [1.82, 2.24) is 10.2 Å². The van der Waals surface area contributed by atoms with Crippen LogP contribution in [0.15, 0.2) is 11.6 Å². The van der Waals surface area contributed by atoms with E-state index in [0.717, 1.165) is 32.5 Å². The SMILES string of the molecule is CCOC1CC(NCC2=CCN(C(=O)OC(C)(C)C)CC2)C12CCC2. The summed E-state index contributed by atoms with van der Waals surface area (Å²) in [5, 5.41) is 3.77. The Morgan fingerprint density at radius 1 is 1.40 bits per heavy atom. The van der Waals surface area contributed by atoms with Crippen molar-refractivity contribution in [3.8, 4) is 0 Å². The molecule has 2 saturated carbocycles. The first-order chi connectivity index (χ1) is 11.8. The van der Waals surface area contributed by atoms with Gasteiger partial charge in [0.1, 0.15) is 5.60 Å². The van der Waals surface area contributed by atoms with E-state index >= 15 is 0 Å². The fourth-order valence-electron chi connectivity index (χ4n) is 4.34. The van der Waals surface area contributed by atoms with E-state index in [1.807, 2.05) is 20.8 Å². The van der Waals surface area contributed by atoms with Crippen LogP contribution >= 0.6 is 0 Å². The predicted molar refractivity (Wildman–Crippen MR) is 98.6 cm³/mol. The summed E-state index contributed by atoms with van der Waals surface area (Å²) in [6.07, 6.45) is 8.48. The predicted octanol–water partition coefficient (Wildman–Crippen LogP) is 3.49. The van der Waals surface area contributed by atoms with E-state index in [0.29, 0.717) is 24.1 Å². The van der Waals surface area contributed by atoms with Gasteiger partial charge in [-0.25, -0.2) is 4.79 Å². The summed E-state index contributed by atoms with van der Waals surface area (Å²) in [5.41, 5.74) is 1.39. The minimum Gasteiger partial charge on any atom is -0.444 e. The Kier molecular flexibility index (Phi) is 5.45. The largest absolute Gasteiger partial charge is 0.444 e. The van der Waals surface area contributed by atoms with Gasteiger partial charge in [0.05, 0.1) is 6.10 Å². The molecule has 0 bridgehead atoms. The third-order valence-electron chi connectivity index (χ3n) is 5.97. The van der Waals surface area contributed by atoms with Crippen LogP contribution in [0.3, 0.4) is 0 Å². The molecule has 1 aliphatic heterocycles. The average Bonchev–Trinajstić information content (AvgIpc) is 2.47. The number of ether oxygens (including phenoxy) is 2. The number of hydrogen-bond acceptors (Lipinski definition) is 4. The van der Waals surface area contributed by atoms with Crippen molar-refractivity contribution >= 4 is 6.09 Å². The van der Waals surface area contributed by atoms with Crippen LogP contribution in [-0.4, -0.2) is 55.0 Å². The van der Waals surface area contributed by atoms with Crippen LogP contribution in [0.2, 0.25) is 0 Å². The van der Waals surface area contributed by atoms with E-state index in [4.69, 9.17) is 9.47 Å². The zero-order chi connectivity index (χ0) is 18.1. The number of amides is 1. The second-order valence-corrected chi connectivity index (χ2v) is 8.74. The highest BCUT2D eigenvalue weighted by Gasteiger charge is 2.58. The van der Waals surface area contributed by atoms with E-state index < -0.39 is 5.60 Å². The molecule has 0 aromatic carbocycles. The third kappa shape index (κ3) is 4.03. The van der Waals surface area contributed by atoms with Gasteiger partial charge in [0.2, 0.25) is 0 Å². The lowest BCUT2D eigenvalue weighted by molar-refractivity contribution is -0.172. The molecule has 25 heavy (non-hydrogen) atoms. The molecular formula is C20H34N2O3. The molecule has 1 N–H and O–H groups in total. The molecule has 0 saturated heterocycles. The van der Waals surface area contributed by atoms with Crippen LogP contribution in [0.25, 0.3) is 0 Å². The smallest absolute Gasteiger partial charge is 0.410 e. The van der Waals surface area contributed by atoms with Crippen molar-refractivity contribution < 1.29 is 14.3 Å². The molecule has 3 rings (SSSR count). The lowest BCUT2D eigenvalue weighted by atomic mass is 9.51. The number of nitrogens with one attached hydrogen (secondary N) is 1. The third-order valence-corrected chi connectivity index (χ3v) is 5.97. The van der Waals surface area contributed by atoms with Gasteiger partial charge in [-0.3, -0.25) is 0 Å². The Morgan fingerprint density at radius 3 is 2.68 bits per heavy atom. The lowest BCUT2D eigenvalue weighted by Gasteiger charge is -2.61. The maximum absolute atomic E-state index is 12.1. The van der Waals surface area contributed by atoms with Crippen molar-refractivity contribution in [2.24, 2.45) is 5.41 Å². The minimum atomic E-state index is -0.430. The van der Waals surface area contributed by atoms with E-state index in [9.17, 15) is 4.79 Å². The Labute approximate surface area is 152 Å².